The zero-order valence-corrected chi connectivity index (χ0v) is 16.8. The van der Waals surface area contributed by atoms with Crippen molar-refractivity contribution in [1.82, 2.24) is 0 Å². The molecule has 30 heavy (non-hydrogen) atoms. The molecule has 0 bridgehead atoms. The lowest BCUT2D eigenvalue weighted by Gasteiger charge is -2.46. The first-order valence-electron chi connectivity index (χ1n) is 9.56. The number of anilines is 2. The lowest BCUT2D eigenvalue weighted by atomic mass is 9.87. The van der Waals surface area contributed by atoms with Crippen LogP contribution in [0.1, 0.15) is 46.0 Å². The van der Waals surface area contributed by atoms with E-state index in [2.05, 4.69) is 15.3 Å². The van der Waals surface area contributed by atoms with Crippen molar-refractivity contribution in [3.63, 3.8) is 0 Å². The summed E-state index contributed by atoms with van der Waals surface area (Å²) < 4.78 is 14.5. The van der Waals surface area contributed by atoms with Crippen molar-refractivity contribution in [3.05, 3.63) is 39.8 Å². The number of ketones is 1. The molecule has 2 aliphatic rings. The summed E-state index contributed by atoms with van der Waals surface area (Å²) in [5.74, 6) is -1.18. The summed E-state index contributed by atoms with van der Waals surface area (Å²) in [4.78, 5) is 32.2. The molecular weight excluding hydrogens is 393 g/mol. The van der Waals surface area contributed by atoms with Crippen molar-refractivity contribution < 1.29 is 14.1 Å². The molecule has 0 atom stereocenters. The molecule has 0 saturated heterocycles. The Morgan fingerprint density at radius 3 is 2.57 bits per heavy atom. The van der Waals surface area contributed by atoms with E-state index in [0.29, 0.717) is 18.5 Å². The van der Waals surface area contributed by atoms with E-state index >= 15 is 0 Å². The van der Waals surface area contributed by atoms with Crippen molar-refractivity contribution in [1.29, 1.82) is 0 Å². The summed E-state index contributed by atoms with van der Waals surface area (Å²) >= 11 is 0. The van der Waals surface area contributed by atoms with Crippen LogP contribution in [-0.4, -0.2) is 28.3 Å². The number of guanidine groups is 2. The minimum atomic E-state index is -1.02. The van der Waals surface area contributed by atoms with Gasteiger partial charge in [-0.2, -0.15) is 9.38 Å². The Hall–Kier alpha value is -3.50. The van der Waals surface area contributed by atoms with Gasteiger partial charge >= 0.3 is 5.69 Å². The lowest BCUT2D eigenvalue weighted by molar-refractivity contribution is -0.387. The first kappa shape index (κ1) is 21.2. The fourth-order valence-corrected chi connectivity index (χ4v) is 4.00. The van der Waals surface area contributed by atoms with Gasteiger partial charge in [-0.05, 0) is 45.6 Å². The van der Waals surface area contributed by atoms with Gasteiger partial charge in [-0.1, -0.05) is 6.42 Å². The van der Waals surface area contributed by atoms with Crippen molar-refractivity contribution >= 4 is 34.8 Å². The summed E-state index contributed by atoms with van der Waals surface area (Å²) in [5, 5.41) is 14.3. The predicted molar refractivity (Wildman–Crippen MR) is 113 cm³/mol. The number of hydrogen-bond acceptors (Lipinski definition) is 9. The Morgan fingerprint density at radius 1 is 1.30 bits per heavy atom. The summed E-state index contributed by atoms with van der Waals surface area (Å²) in [6, 6.07) is 2.12. The topological polar surface area (TPSA) is 152 Å². The Kier molecular flexibility index (Phi) is 5.72. The lowest BCUT2D eigenvalue weighted by Crippen LogP contribution is -2.58. The molecule has 3 rings (SSSR count). The zero-order chi connectivity index (χ0) is 22.1. The first-order valence-corrected chi connectivity index (χ1v) is 9.56. The molecule has 1 spiro atoms. The van der Waals surface area contributed by atoms with E-state index in [9.17, 15) is 19.3 Å². The molecule has 11 heteroatoms. The minimum Gasteiger partial charge on any atom is -0.369 e. The number of nitrogens with zero attached hydrogens (tertiary/aromatic N) is 4. The van der Waals surface area contributed by atoms with Crippen LogP contribution in [0.25, 0.3) is 0 Å². The summed E-state index contributed by atoms with van der Waals surface area (Å²) in [6.45, 7) is 3.01. The molecular formula is C19H24FN7O3. The smallest absolute Gasteiger partial charge is 0.307 e. The van der Waals surface area contributed by atoms with Gasteiger partial charge in [0.1, 0.15) is 5.66 Å². The van der Waals surface area contributed by atoms with Gasteiger partial charge in [0, 0.05) is 17.8 Å². The highest BCUT2D eigenvalue weighted by Gasteiger charge is 2.44. The highest BCUT2D eigenvalue weighted by molar-refractivity contribution is 6.07. The molecule has 0 amide bonds. The maximum atomic E-state index is 14.5. The first-order chi connectivity index (χ1) is 14.1. The van der Waals surface area contributed by atoms with Gasteiger partial charge in [0.05, 0.1) is 16.3 Å². The van der Waals surface area contributed by atoms with Crippen LogP contribution in [0.2, 0.25) is 0 Å². The second-order valence-electron chi connectivity index (χ2n) is 7.46. The Balaban J connectivity index is 2.20. The second-order valence-corrected chi connectivity index (χ2v) is 7.46. The van der Waals surface area contributed by atoms with Crippen molar-refractivity contribution in [3.8, 4) is 0 Å². The molecule has 160 valence electrons. The molecule has 1 aromatic rings. The number of nitrogens with two attached hydrogens (primary N) is 2. The van der Waals surface area contributed by atoms with E-state index < -0.39 is 22.1 Å². The van der Waals surface area contributed by atoms with Crippen LogP contribution >= 0.6 is 0 Å². The molecule has 0 unspecified atom stereocenters. The SMILES string of the molecule is CC(=O)C=C(C)Nc1cc(F)c([N+](=O)[O-])cc1N1C(N)=NC(N)=NC12CCCCC2. The highest BCUT2D eigenvalue weighted by atomic mass is 19.1. The maximum absolute atomic E-state index is 14.5. The van der Waals surface area contributed by atoms with E-state index in [1.165, 1.54) is 13.0 Å². The summed E-state index contributed by atoms with van der Waals surface area (Å²) in [6.07, 6.45) is 5.28. The number of carbonyl (C=O) groups is 1. The van der Waals surface area contributed by atoms with Crippen LogP contribution in [0.5, 0.6) is 0 Å². The number of nitro groups is 1. The molecule has 10 nitrogen and oxygen atoms in total. The number of benzene rings is 1. The quantitative estimate of drug-likeness (QED) is 0.378. The third-order valence-electron chi connectivity index (χ3n) is 5.11. The Bertz CT molecular complexity index is 981. The molecule has 1 saturated carbocycles. The van der Waals surface area contributed by atoms with Crippen LogP contribution in [0.15, 0.2) is 33.9 Å². The van der Waals surface area contributed by atoms with E-state index in [1.807, 2.05) is 0 Å². The standard InChI is InChI=1S/C19H24FN7O3/c1-11(8-12(2)28)23-14-9-13(20)15(27(29)30)10-16(14)26-18(22)24-17(21)25-19(26)6-4-3-5-7-19/h8-10,23H,3-7H2,1-2H3,(H4,21,22,24,25). The van der Waals surface area contributed by atoms with Gasteiger partial charge in [-0.3, -0.25) is 19.8 Å². The normalized spacial score (nSPS) is 18.6. The van der Waals surface area contributed by atoms with E-state index in [0.717, 1.165) is 31.4 Å². The third kappa shape index (κ3) is 4.09. The molecule has 1 aromatic carbocycles. The Labute approximate surface area is 172 Å². The van der Waals surface area contributed by atoms with Gasteiger partial charge in [0.25, 0.3) is 0 Å². The van der Waals surface area contributed by atoms with Crippen LogP contribution in [-0.2, 0) is 4.79 Å². The van der Waals surface area contributed by atoms with Crippen molar-refractivity contribution in [2.45, 2.75) is 51.6 Å². The molecule has 1 aliphatic carbocycles. The number of nitrogens with one attached hydrogen (secondary N) is 1. The summed E-state index contributed by atoms with van der Waals surface area (Å²) in [5.41, 5.74) is 11.4. The second kappa shape index (κ2) is 8.09. The van der Waals surface area contributed by atoms with Gasteiger partial charge in [-0.25, -0.2) is 4.99 Å². The molecule has 1 aliphatic heterocycles. The minimum absolute atomic E-state index is 0.0153. The monoisotopic (exact) mass is 417 g/mol. The van der Waals surface area contributed by atoms with Gasteiger partial charge in [0.2, 0.25) is 17.7 Å². The number of allylic oxidation sites excluding steroid dienone is 2. The number of hydrogen-bond donors (Lipinski definition) is 3. The number of halogens is 1. The molecule has 0 radical (unpaired) electrons. The zero-order valence-electron chi connectivity index (χ0n) is 16.8. The van der Waals surface area contributed by atoms with Crippen LogP contribution in [0.4, 0.5) is 21.5 Å². The van der Waals surface area contributed by atoms with Gasteiger partial charge in [0.15, 0.2) is 5.78 Å². The molecule has 5 N–H and O–H groups in total. The van der Waals surface area contributed by atoms with Gasteiger partial charge < -0.3 is 16.8 Å². The van der Waals surface area contributed by atoms with E-state index in [1.54, 1.807) is 11.8 Å². The number of carbonyl (C=O) groups excluding carboxylic acids is 1. The van der Waals surface area contributed by atoms with Crippen molar-refractivity contribution in [2.75, 3.05) is 10.2 Å². The van der Waals surface area contributed by atoms with Gasteiger partial charge in [-0.15, -0.1) is 0 Å². The number of aliphatic imine (C=N–C) groups is 2. The largest absolute Gasteiger partial charge is 0.369 e. The maximum Gasteiger partial charge on any atom is 0.307 e. The number of nitro benzene ring substituents is 1. The average molecular weight is 417 g/mol. The Morgan fingerprint density at radius 2 is 1.97 bits per heavy atom. The highest BCUT2D eigenvalue weighted by Crippen LogP contribution is 2.43. The molecule has 1 fully saturated rings. The molecule has 1 heterocycles. The fourth-order valence-electron chi connectivity index (χ4n) is 4.00. The average Bonchev–Trinajstić information content (AvgIpc) is 2.62. The predicted octanol–water partition coefficient (Wildman–Crippen LogP) is 2.75. The number of rotatable bonds is 5. The fraction of sp³-hybridized carbons (Fsp3) is 0.421. The van der Waals surface area contributed by atoms with Crippen LogP contribution < -0.4 is 21.7 Å². The van der Waals surface area contributed by atoms with Crippen LogP contribution in [0, 0.1) is 15.9 Å². The van der Waals surface area contributed by atoms with Crippen LogP contribution in [0.3, 0.4) is 0 Å². The third-order valence-corrected chi connectivity index (χ3v) is 5.11. The van der Waals surface area contributed by atoms with Crippen molar-refractivity contribution in [2.24, 2.45) is 21.5 Å². The van der Waals surface area contributed by atoms with E-state index in [-0.39, 0.29) is 29.1 Å². The molecule has 0 aromatic heterocycles. The van der Waals surface area contributed by atoms with E-state index in [4.69, 9.17) is 11.5 Å². The summed E-state index contributed by atoms with van der Waals surface area (Å²) in [7, 11) is 0.